The summed E-state index contributed by atoms with van der Waals surface area (Å²) in [7, 11) is 0. The van der Waals surface area contributed by atoms with Crippen LogP contribution in [-0.2, 0) is 0 Å². The Balaban J connectivity index is 2.73. The van der Waals surface area contributed by atoms with Gasteiger partial charge in [0, 0.05) is 11.8 Å². The summed E-state index contributed by atoms with van der Waals surface area (Å²) in [6.07, 6.45) is 1.56. The molecule has 1 rings (SSSR count). The van der Waals surface area contributed by atoms with Crippen molar-refractivity contribution in [2.45, 2.75) is 13.8 Å². The van der Waals surface area contributed by atoms with E-state index in [9.17, 15) is 0 Å². The molecule has 48 valence electrons. The fraction of sp³-hybridized carbons (Fsp3) is 0.500. The van der Waals surface area contributed by atoms with Crippen LogP contribution in [0.1, 0.15) is 13.8 Å². The van der Waals surface area contributed by atoms with E-state index in [1.165, 1.54) is 0 Å². The Morgan fingerprint density at radius 3 is 2.78 bits per heavy atom. The van der Waals surface area contributed by atoms with Crippen molar-refractivity contribution >= 4 is 12.2 Å². The van der Waals surface area contributed by atoms with Crippen LogP contribution < -0.4 is 5.32 Å². The second-order valence-corrected chi connectivity index (χ2v) is 2.17. The lowest BCUT2D eigenvalue weighted by Crippen LogP contribution is -2.17. The van der Waals surface area contributed by atoms with E-state index >= 15 is 0 Å². The van der Waals surface area contributed by atoms with Gasteiger partial charge in [-0.25, -0.2) is 0 Å². The third-order valence-electron chi connectivity index (χ3n) is 1.08. The van der Waals surface area contributed by atoms with Crippen LogP contribution in [-0.4, -0.2) is 12.2 Å². The van der Waals surface area contributed by atoms with E-state index in [1.807, 2.05) is 0 Å². The highest BCUT2D eigenvalue weighted by Crippen LogP contribution is 2.01. The summed E-state index contributed by atoms with van der Waals surface area (Å²) in [4.78, 5) is 0. The average Bonchev–Trinajstić information content (AvgIpc) is 1.90. The molecule has 0 spiro atoms. The van der Waals surface area contributed by atoms with E-state index in [4.69, 9.17) is 0 Å². The van der Waals surface area contributed by atoms with Crippen LogP contribution in [0.15, 0.2) is 15.9 Å². The van der Waals surface area contributed by atoms with Crippen LogP contribution >= 0.6 is 0 Å². The first-order chi connectivity index (χ1) is 4.30. The molecular weight excluding hydrogens is 114 g/mol. The topological polar surface area (TPSA) is 36.8 Å². The van der Waals surface area contributed by atoms with Gasteiger partial charge < -0.3 is 5.32 Å². The summed E-state index contributed by atoms with van der Waals surface area (Å²) < 4.78 is 0. The highest BCUT2D eigenvalue weighted by atomic mass is 15.2. The quantitative estimate of drug-likeness (QED) is 0.548. The molecule has 1 N–H and O–H groups in total. The molecule has 3 nitrogen and oxygen atoms in total. The summed E-state index contributed by atoms with van der Waals surface area (Å²) in [6.45, 7) is 4.15. The number of rotatable bonds is 1. The van der Waals surface area contributed by atoms with E-state index in [-0.39, 0.29) is 0 Å². The Morgan fingerprint density at radius 1 is 1.67 bits per heavy atom. The fourth-order valence-electron chi connectivity index (χ4n) is 0.538. The molecule has 3 heteroatoms. The highest BCUT2D eigenvalue weighted by Gasteiger charge is 2.00. The third-order valence-corrected chi connectivity index (χ3v) is 1.08. The predicted molar refractivity (Wildman–Crippen MR) is 37.4 cm³/mol. The fourth-order valence-corrected chi connectivity index (χ4v) is 0.538. The summed E-state index contributed by atoms with van der Waals surface area (Å²) in [5.41, 5.74) is 0.991. The molecule has 0 aromatic carbocycles. The van der Waals surface area contributed by atoms with Crippen molar-refractivity contribution in [2.75, 3.05) is 0 Å². The molecule has 1 aliphatic rings. The predicted octanol–water partition coefficient (Wildman–Crippen LogP) is 0.742. The molecule has 0 aromatic rings. The molecule has 1 aliphatic heterocycles. The van der Waals surface area contributed by atoms with Crippen molar-refractivity contribution in [1.29, 1.82) is 0 Å². The van der Waals surface area contributed by atoms with E-state index < -0.39 is 0 Å². The molecule has 0 saturated carbocycles. The molecule has 0 atom stereocenters. The highest BCUT2D eigenvalue weighted by molar-refractivity contribution is 5.70. The van der Waals surface area contributed by atoms with Gasteiger partial charge >= 0.3 is 0 Å². The largest absolute Gasteiger partial charge is 0.340 e. The summed E-state index contributed by atoms with van der Waals surface area (Å²) in [6, 6.07) is 0. The third kappa shape index (κ3) is 1.40. The van der Waals surface area contributed by atoms with Crippen LogP contribution in [0.4, 0.5) is 0 Å². The van der Waals surface area contributed by atoms with Crippen LogP contribution in [0.2, 0.25) is 0 Å². The second kappa shape index (κ2) is 2.46. The molecular formula is C6H9N3. The Hall–Kier alpha value is -1.08. The maximum absolute atomic E-state index is 3.60. The lowest BCUT2D eigenvalue weighted by Gasteiger charge is -2.06. The SMILES string of the molecule is CC(C)C1=C=NN=CN1. The van der Waals surface area contributed by atoms with Crippen molar-refractivity contribution in [3.63, 3.8) is 0 Å². The van der Waals surface area contributed by atoms with Gasteiger partial charge in [-0.15, -0.1) is 10.2 Å². The number of nitrogens with one attached hydrogen (secondary N) is 1. The molecule has 0 saturated heterocycles. The summed E-state index contributed by atoms with van der Waals surface area (Å²) >= 11 is 0. The standard InChI is InChI=1S/C6H9N3/c1-5(2)6-3-8-9-4-7-6/h4-5H,1-2H3,(H,7,9). The van der Waals surface area contributed by atoms with Gasteiger partial charge in [0.2, 0.25) is 0 Å². The van der Waals surface area contributed by atoms with Crippen LogP contribution in [0, 0.1) is 5.92 Å². The van der Waals surface area contributed by atoms with E-state index in [0.29, 0.717) is 5.92 Å². The molecule has 0 fully saturated rings. The minimum Gasteiger partial charge on any atom is -0.340 e. The average molecular weight is 123 g/mol. The minimum absolute atomic E-state index is 0.445. The zero-order chi connectivity index (χ0) is 6.69. The smallest absolute Gasteiger partial charge is 0.116 e. The van der Waals surface area contributed by atoms with Crippen LogP contribution in [0.5, 0.6) is 0 Å². The number of nitrogens with zero attached hydrogens (tertiary/aromatic N) is 2. The van der Waals surface area contributed by atoms with Crippen molar-refractivity contribution in [2.24, 2.45) is 16.1 Å². The number of hydrogen-bond acceptors (Lipinski definition) is 3. The molecule has 0 amide bonds. The summed E-state index contributed by atoms with van der Waals surface area (Å²) in [5, 5.41) is 10.1. The van der Waals surface area contributed by atoms with Crippen LogP contribution in [0.3, 0.4) is 0 Å². The molecule has 0 unspecified atom stereocenters. The lowest BCUT2D eigenvalue weighted by atomic mass is 10.1. The lowest BCUT2D eigenvalue weighted by molar-refractivity contribution is 0.737. The number of allylic oxidation sites excluding steroid dienone is 1. The molecule has 1 heterocycles. The van der Waals surface area contributed by atoms with Crippen LogP contribution in [0.25, 0.3) is 0 Å². The minimum atomic E-state index is 0.445. The second-order valence-electron chi connectivity index (χ2n) is 2.17. The zero-order valence-corrected chi connectivity index (χ0v) is 5.55. The first-order valence-electron chi connectivity index (χ1n) is 2.91. The summed E-state index contributed by atoms with van der Waals surface area (Å²) in [5.74, 6) is 3.20. The van der Waals surface area contributed by atoms with Crippen molar-refractivity contribution in [1.82, 2.24) is 5.32 Å². The van der Waals surface area contributed by atoms with Crippen molar-refractivity contribution < 1.29 is 0 Å². The van der Waals surface area contributed by atoms with E-state index in [2.05, 4.69) is 35.2 Å². The Bertz CT molecular complexity index is 184. The molecule has 0 aliphatic carbocycles. The van der Waals surface area contributed by atoms with Gasteiger partial charge in [-0.05, 0) is 0 Å². The van der Waals surface area contributed by atoms with Crippen molar-refractivity contribution in [3.05, 3.63) is 5.70 Å². The first kappa shape index (κ1) is 6.05. The Morgan fingerprint density at radius 2 is 2.44 bits per heavy atom. The van der Waals surface area contributed by atoms with Gasteiger partial charge in [-0.3, -0.25) is 0 Å². The van der Waals surface area contributed by atoms with Gasteiger partial charge in [0.1, 0.15) is 6.34 Å². The molecule has 0 aromatic heterocycles. The van der Waals surface area contributed by atoms with Gasteiger partial charge in [0.15, 0.2) is 0 Å². The van der Waals surface area contributed by atoms with Gasteiger partial charge in [0.25, 0.3) is 0 Å². The Labute approximate surface area is 54.2 Å². The molecule has 0 bridgehead atoms. The van der Waals surface area contributed by atoms with Gasteiger partial charge in [-0.1, -0.05) is 13.8 Å². The Kier molecular flexibility index (Phi) is 1.66. The molecule has 9 heavy (non-hydrogen) atoms. The van der Waals surface area contributed by atoms with Crippen molar-refractivity contribution in [3.8, 4) is 0 Å². The maximum atomic E-state index is 3.60. The molecule has 0 radical (unpaired) electrons. The van der Waals surface area contributed by atoms with E-state index in [0.717, 1.165) is 5.70 Å². The van der Waals surface area contributed by atoms with Gasteiger partial charge in [-0.2, -0.15) is 0 Å². The van der Waals surface area contributed by atoms with Gasteiger partial charge in [0.05, 0.1) is 5.70 Å². The monoisotopic (exact) mass is 123 g/mol. The van der Waals surface area contributed by atoms with E-state index in [1.54, 1.807) is 6.34 Å². The first-order valence-corrected chi connectivity index (χ1v) is 2.91. The zero-order valence-electron chi connectivity index (χ0n) is 5.55. The normalized spacial score (nSPS) is 15.7. The number of hydrogen-bond donors (Lipinski definition) is 1. The maximum Gasteiger partial charge on any atom is 0.116 e.